The fraction of sp³-hybridized carbons (Fsp3) is 0.0526. The number of carbonyl (C=O) groups is 1. The molecule has 25 heavy (non-hydrogen) atoms. The lowest BCUT2D eigenvalue weighted by atomic mass is 10.2. The fourth-order valence-corrected chi connectivity index (χ4v) is 2.53. The Morgan fingerprint density at radius 3 is 2.56 bits per heavy atom. The van der Waals surface area contributed by atoms with E-state index in [1.165, 1.54) is 23.1 Å². The average Bonchev–Trinajstić information content (AvgIpc) is 2.60. The molecule has 0 unspecified atom stereocenters. The molecule has 4 nitrogen and oxygen atoms in total. The third kappa shape index (κ3) is 4.14. The topological polar surface area (TPSA) is 45.2 Å². The van der Waals surface area contributed by atoms with E-state index in [2.05, 4.69) is 10.3 Å². The predicted octanol–water partition coefficient (Wildman–Crippen LogP) is 4.89. The maximum absolute atomic E-state index is 13.3. The molecule has 1 N–H and O–H groups in total. The van der Waals surface area contributed by atoms with Crippen LogP contribution in [0.5, 0.6) is 0 Å². The lowest BCUT2D eigenvalue weighted by molar-refractivity contribution is 0.0988. The zero-order valence-corrected chi connectivity index (χ0v) is 14.2. The van der Waals surface area contributed by atoms with Crippen molar-refractivity contribution in [3.63, 3.8) is 0 Å². The minimum absolute atomic E-state index is 0.192. The van der Waals surface area contributed by atoms with Gasteiger partial charge in [-0.15, -0.1) is 0 Å². The van der Waals surface area contributed by atoms with E-state index in [1.54, 1.807) is 25.2 Å². The number of rotatable bonds is 4. The molecule has 0 spiro atoms. The molecule has 1 heterocycles. The average molecular weight is 356 g/mol. The number of pyridine rings is 1. The zero-order chi connectivity index (χ0) is 17.8. The van der Waals surface area contributed by atoms with E-state index in [1.807, 2.05) is 30.3 Å². The van der Waals surface area contributed by atoms with Crippen molar-refractivity contribution < 1.29 is 9.18 Å². The minimum atomic E-state index is -0.368. The standard InChI is InChI=1S/C19H15ClFN3O/c1-24(16-8-3-2-4-9-16)19(25)17-10-13(20)11-18(23-17)22-15-7-5-6-14(21)12-15/h2-12H,1H3,(H,22,23). The van der Waals surface area contributed by atoms with Crippen molar-refractivity contribution in [1.29, 1.82) is 0 Å². The first-order chi connectivity index (χ1) is 12.0. The number of halogens is 2. The van der Waals surface area contributed by atoms with E-state index < -0.39 is 0 Å². The molecule has 0 atom stereocenters. The first kappa shape index (κ1) is 16.9. The second-order valence-corrected chi connectivity index (χ2v) is 5.83. The maximum atomic E-state index is 13.3. The van der Waals surface area contributed by atoms with Crippen LogP contribution in [0.15, 0.2) is 66.7 Å². The van der Waals surface area contributed by atoms with E-state index in [9.17, 15) is 9.18 Å². The molecule has 126 valence electrons. The first-order valence-electron chi connectivity index (χ1n) is 7.56. The molecule has 3 rings (SSSR count). The number of anilines is 3. The summed E-state index contributed by atoms with van der Waals surface area (Å²) in [6.45, 7) is 0. The summed E-state index contributed by atoms with van der Waals surface area (Å²) in [5.41, 5.74) is 1.45. The fourth-order valence-electron chi connectivity index (χ4n) is 2.33. The summed E-state index contributed by atoms with van der Waals surface area (Å²) in [5, 5.41) is 3.31. The zero-order valence-electron chi connectivity index (χ0n) is 13.4. The molecule has 0 aliphatic heterocycles. The SMILES string of the molecule is CN(C(=O)c1cc(Cl)cc(Nc2cccc(F)c2)n1)c1ccccc1. The summed E-state index contributed by atoms with van der Waals surface area (Å²) in [5.74, 6) is -0.300. The molecule has 0 bridgehead atoms. The normalized spacial score (nSPS) is 10.4. The monoisotopic (exact) mass is 355 g/mol. The molecular formula is C19H15ClFN3O. The second kappa shape index (κ2) is 7.32. The number of carbonyl (C=O) groups excluding carboxylic acids is 1. The Kier molecular flexibility index (Phi) is 4.95. The lowest BCUT2D eigenvalue weighted by Crippen LogP contribution is -2.27. The quantitative estimate of drug-likeness (QED) is 0.724. The van der Waals surface area contributed by atoms with Gasteiger partial charge in [-0.25, -0.2) is 9.37 Å². The molecule has 0 aliphatic rings. The van der Waals surface area contributed by atoms with Crippen molar-refractivity contribution in [3.8, 4) is 0 Å². The van der Waals surface area contributed by atoms with Crippen LogP contribution in [0.3, 0.4) is 0 Å². The Morgan fingerprint density at radius 2 is 1.84 bits per heavy atom. The number of benzene rings is 2. The molecule has 0 radical (unpaired) electrons. The van der Waals surface area contributed by atoms with Gasteiger partial charge in [-0.2, -0.15) is 0 Å². The van der Waals surface area contributed by atoms with Crippen LogP contribution in [0.4, 0.5) is 21.6 Å². The van der Waals surface area contributed by atoms with E-state index in [0.29, 0.717) is 16.5 Å². The number of amides is 1. The van der Waals surface area contributed by atoms with Gasteiger partial charge in [0.05, 0.1) is 0 Å². The van der Waals surface area contributed by atoms with Gasteiger partial charge in [-0.3, -0.25) is 4.79 Å². The largest absolute Gasteiger partial charge is 0.340 e. The molecule has 1 amide bonds. The summed E-state index contributed by atoms with van der Waals surface area (Å²) < 4.78 is 13.3. The molecule has 3 aromatic rings. The van der Waals surface area contributed by atoms with Crippen LogP contribution >= 0.6 is 11.6 Å². The summed E-state index contributed by atoms with van der Waals surface area (Å²) >= 11 is 6.12. The molecule has 0 fully saturated rings. The van der Waals surface area contributed by atoms with Gasteiger partial charge in [0.25, 0.3) is 5.91 Å². The summed E-state index contributed by atoms with van der Waals surface area (Å²) in [4.78, 5) is 18.5. The smallest absolute Gasteiger partial charge is 0.276 e. The molecule has 0 saturated heterocycles. The maximum Gasteiger partial charge on any atom is 0.276 e. The van der Waals surface area contributed by atoms with Crippen molar-refractivity contribution in [1.82, 2.24) is 4.98 Å². The van der Waals surface area contributed by atoms with Crippen molar-refractivity contribution in [3.05, 3.63) is 83.3 Å². The van der Waals surface area contributed by atoms with Gasteiger partial charge in [-0.05, 0) is 42.5 Å². The van der Waals surface area contributed by atoms with Crippen LogP contribution in [0, 0.1) is 5.82 Å². The van der Waals surface area contributed by atoms with Crippen LogP contribution in [0.2, 0.25) is 5.02 Å². The van der Waals surface area contributed by atoms with Crippen molar-refractivity contribution in [2.45, 2.75) is 0 Å². The van der Waals surface area contributed by atoms with Crippen LogP contribution in [0.25, 0.3) is 0 Å². The minimum Gasteiger partial charge on any atom is -0.340 e. The molecular weight excluding hydrogens is 341 g/mol. The molecule has 0 aliphatic carbocycles. The summed E-state index contributed by atoms with van der Waals surface area (Å²) in [6.07, 6.45) is 0. The van der Waals surface area contributed by atoms with Crippen LogP contribution in [-0.4, -0.2) is 17.9 Å². The van der Waals surface area contributed by atoms with Crippen molar-refractivity contribution >= 4 is 34.7 Å². The lowest BCUT2D eigenvalue weighted by Gasteiger charge is -2.17. The van der Waals surface area contributed by atoms with Gasteiger partial charge in [0.15, 0.2) is 0 Å². The van der Waals surface area contributed by atoms with Crippen LogP contribution < -0.4 is 10.2 Å². The number of nitrogens with zero attached hydrogens (tertiary/aromatic N) is 2. The summed E-state index contributed by atoms with van der Waals surface area (Å²) in [7, 11) is 1.67. The van der Waals surface area contributed by atoms with E-state index in [0.717, 1.165) is 5.69 Å². The van der Waals surface area contributed by atoms with Crippen molar-refractivity contribution in [2.24, 2.45) is 0 Å². The predicted molar refractivity (Wildman–Crippen MR) is 98.1 cm³/mol. The van der Waals surface area contributed by atoms with E-state index in [4.69, 9.17) is 11.6 Å². The summed E-state index contributed by atoms with van der Waals surface area (Å²) in [6, 6.07) is 18.3. The highest BCUT2D eigenvalue weighted by atomic mass is 35.5. The Labute approximate surface area is 149 Å². The third-order valence-corrected chi connectivity index (χ3v) is 3.77. The Bertz CT molecular complexity index is 902. The van der Waals surface area contributed by atoms with Gasteiger partial charge in [0.2, 0.25) is 0 Å². The van der Waals surface area contributed by atoms with Crippen LogP contribution in [0.1, 0.15) is 10.5 Å². The van der Waals surface area contributed by atoms with Gasteiger partial charge >= 0.3 is 0 Å². The van der Waals surface area contributed by atoms with Gasteiger partial charge in [0.1, 0.15) is 17.3 Å². The molecule has 1 aromatic heterocycles. The number of para-hydroxylation sites is 1. The van der Waals surface area contributed by atoms with Gasteiger partial charge < -0.3 is 10.2 Å². The van der Waals surface area contributed by atoms with E-state index >= 15 is 0 Å². The molecule has 6 heteroatoms. The Hall–Kier alpha value is -2.92. The first-order valence-corrected chi connectivity index (χ1v) is 7.94. The Morgan fingerprint density at radius 1 is 1.08 bits per heavy atom. The Balaban J connectivity index is 1.87. The highest BCUT2D eigenvalue weighted by Crippen LogP contribution is 2.22. The third-order valence-electron chi connectivity index (χ3n) is 3.55. The number of hydrogen-bond acceptors (Lipinski definition) is 3. The van der Waals surface area contributed by atoms with Gasteiger partial charge in [-0.1, -0.05) is 35.9 Å². The van der Waals surface area contributed by atoms with E-state index in [-0.39, 0.29) is 17.4 Å². The number of hydrogen-bond donors (Lipinski definition) is 1. The molecule has 2 aromatic carbocycles. The highest BCUT2D eigenvalue weighted by Gasteiger charge is 2.16. The number of aromatic nitrogens is 1. The number of nitrogens with one attached hydrogen (secondary N) is 1. The van der Waals surface area contributed by atoms with Gasteiger partial charge in [0, 0.05) is 23.4 Å². The van der Waals surface area contributed by atoms with Crippen molar-refractivity contribution in [2.75, 3.05) is 17.3 Å². The highest BCUT2D eigenvalue weighted by molar-refractivity contribution is 6.31. The molecule has 0 saturated carbocycles. The second-order valence-electron chi connectivity index (χ2n) is 5.39. The van der Waals surface area contributed by atoms with Crippen LogP contribution in [-0.2, 0) is 0 Å².